The van der Waals surface area contributed by atoms with E-state index in [2.05, 4.69) is 6.92 Å². The van der Waals surface area contributed by atoms with E-state index >= 15 is 0 Å². The van der Waals surface area contributed by atoms with Gasteiger partial charge in [0.25, 0.3) is 11.6 Å². The van der Waals surface area contributed by atoms with Crippen molar-refractivity contribution in [3.63, 3.8) is 0 Å². The lowest BCUT2D eigenvalue weighted by Crippen LogP contribution is -2.39. The fourth-order valence-corrected chi connectivity index (χ4v) is 3.41. The van der Waals surface area contributed by atoms with E-state index in [4.69, 9.17) is 0 Å². The van der Waals surface area contributed by atoms with Crippen LogP contribution in [0.1, 0.15) is 42.7 Å². The highest BCUT2D eigenvalue weighted by molar-refractivity contribution is 6.03. The molecule has 1 aromatic heterocycles. The Morgan fingerprint density at radius 2 is 2.09 bits per heavy atom. The zero-order chi connectivity index (χ0) is 16.6. The maximum Gasteiger partial charge on any atom is 0.270 e. The fraction of sp³-hybridized carbons (Fsp3) is 0.471. The van der Waals surface area contributed by atoms with E-state index < -0.39 is 0 Å². The summed E-state index contributed by atoms with van der Waals surface area (Å²) < 4.78 is 1.99. The third kappa shape index (κ3) is 2.48. The number of hydrogen-bond acceptors (Lipinski definition) is 3. The van der Waals surface area contributed by atoms with Crippen molar-refractivity contribution in [2.75, 3.05) is 13.1 Å². The monoisotopic (exact) mass is 315 g/mol. The molecule has 1 aliphatic rings. The van der Waals surface area contributed by atoms with Crippen molar-refractivity contribution >= 4 is 22.5 Å². The van der Waals surface area contributed by atoms with Gasteiger partial charge in [0.15, 0.2) is 0 Å². The summed E-state index contributed by atoms with van der Waals surface area (Å²) in [7, 11) is 0. The van der Waals surface area contributed by atoms with Crippen LogP contribution < -0.4 is 0 Å². The van der Waals surface area contributed by atoms with Crippen molar-refractivity contribution < 1.29 is 9.72 Å². The van der Waals surface area contributed by atoms with E-state index in [-0.39, 0.29) is 16.5 Å². The second-order valence-electron chi connectivity index (χ2n) is 5.93. The molecule has 122 valence electrons. The molecule has 1 aliphatic heterocycles. The van der Waals surface area contributed by atoms with Crippen LogP contribution in [0.4, 0.5) is 5.69 Å². The predicted octanol–water partition coefficient (Wildman–Crippen LogP) is 3.37. The number of benzene rings is 1. The van der Waals surface area contributed by atoms with E-state index in [0.717, 1.165) is 42.3 Å². The minimum absolute atomic E-state index is 0.0559. The summed E-state index contributed by atoms with van der Waals surface area (Å²) in [6.07, 6.45) is 2.81. The smallest absolute Gasteiger partial charge is 0.270 e. The normalized spacial score (nSPS) is 14.3. The van der Waals surface area contributed by atoms with E-state index in [9.17, 15) is 14.9 Å². The lowest BCUT2D eigenvalue weighted by Gasteiger charge is -2.28. The number of amides is 1. The molecule has 0 saturated heterocycles. The number of nitrogens with zero attached hydrogens (tertiary/aromatic N) is 3. The number of nitro groups is 1. The molecule has 0 fully saturated rings. The quantitative estimate of drug-likeness (QED) is 0.627. The molecular weight excluding hydrogens is 294 g/mol. The number of nitro benzene ring substituents is 1. The Hall–Kier alpha value is -2.37. The van der Waals surface area contributed by atoms with Crippen LogP contribution in [0.2, 0.25) is 0 Å². The molecule has 6 heteroatoms. The van der Waals surface area contributed by atoms with Crippen LogP contribution in [0.15, 0.2) is 18.2 Å². The summed E-state index contributed by atoms with van der Waals surface area (Å²) in [5.74, 6) is 0.0559. The number of aromatic nitrogens is 1. The second-order valence-corrected chi connectivity index (χ2v) is 5.93. The molecule has 23 heavy (non-hydrogen) atoms. The summed E-state index contributed by atoms with van der Waals surface area (Å²) in [5, 5.41) is 11.9. The molecular formula is C17H21N3O3. The van der Waals surface area contributed by atoms with E-state index in [1.54, 1.807) is 12.1 Å². The van der Waals surface area contributed by atoms with E-state index in [1.807, 2.05) is 16.4 Å². The molecule has 2 heterocycles. The van der Waals surface area contributed by atoms with Crippen LogP contribution in [0.25, 0.3) is 10.9 Å². The first-order valence-electron chi connectivity index (χ1n) is 8.17. The van der Waals surface area contributed by atoms with Crippen LogP contribution >= 0.6 is 0 Å². The van der Waals surface area contributed by atoms with Gasteiger partial charge in [0, 0.05) is 42.7 Å². The second kappa shape index (κ2) is 6.02. The molecule has 2 aromatic rings. The van der Waals surface area contributed by atoms with Crippen molar-refractivity contribution in [2.45, 2.75) is 39.7 Å². The minimum atomic E-state index is -0.382. The van der Waals surface area contributed by atoms with Crippen LogP contribution in [0.5, 0.6) is 0 Å². The van der Waals surface area contributed by atoms with Crippen LogP contribution in [-0.4, -0.2) is 33.4 Å². The standard InChI is InChI=1S/C17H21N3O3/c1-3-5-9-18-10-8-13-14-11-12(20(22)23)6-7-15(14)19(4-2)16(13)17(18)21/h6-7,11H,3-5,8-10H2,1-2H3. The minimum Gasteiger partial charge on any atom is -0.337 e. The summed E-state index contributed by atoms with van der Waals surface area (Å²) in [5.41, 5.74) is 2.66. The number of non-ortho nitro benzene ring substituents is 1. The Bertz CT molecular complexity index is 779. The first-order chi connectivity index (χ1) is 11.1. The van der Waals surface area contributed by atoms with E-state index in [1.165, 1.54) is 6.07 Å². The number of aryl methyl sites for hydroxylation is 1. The van der Waals surface area contributed by atoms with Crippen molar-refractivity contribution in [3.05, 3.63) is 39.6 Å². The Morgan fingerprint density at radius 1 is 1.30 bits per heavy atom. The molecule has 0 bridgehead atoms. The molecule has 0 saturated carbocycles. The van der Waals surface area contributed by atoms with Gasteiger partial charge in [-0.05, 0) is 31.4 Å². The van der Waals surface area contributed by atoms with Gasteiger partial charge < -0.3 is 9.47 Å². The lowest BCUT2D eigenvalue weighted by molar-refractivity contribution is -0.384. The fourth-order valence-electron chi connectivity index (χ4n) is 3.41. The number of carbonyl (C=O) groups excluding carboxylic acids is 1. The van der Waals surface area contributed by atoms with Gasteiger partial charge in [-0.2, -0.15) is 0 Å². The predicted molar refractivity (Wildman–Crippen MR) is 88.8 cm³/mol. The highest BCUT2D eigenvalue weighted by atomic mass is 16.6. The SMILES string of the molecule is CCCCN1CCc2c(n(CC)c3ccc([N+](=O)[O-])cc23)C1=O. The van der Waals surface area contributed by atoms with Crippen molar-refractivity contribution in [3.8, 4) is 0 Å². The maximum absolute atomic E-state index is 12.9. The van der Waals surface area contributed by atoms with E-state index in [0.29, 0.717) is 18.8 Å². The third-order valence-electron chi connectivity index (χ3n) is 4.58. The average Bonchev–Trinajstić information content (AvgIpc) is 2.88. The zero-order valence-corrected chi connectivity index (χ0v) is 13.5. The molecule has 6 nitrogen and oxygen atoms in total. The topological polar surface area (TPSA) is 68.4 Å². The summed E-state index contributed by atoms with van der Waals surface area (Å²) in [4.78, 5) is 25.4. The third-order valence-corrected chi connectivity index (χ3v) is 4.58. The Kier molecular flexibility index (Phi) is 4.07. The molecule has 0 atom stereocenters. The van der Waals surface area contributed by atoms with Gasteiger partial charge in [-0.15, -0.1) is 0 Å². The molecule has 1 amide bonds. The Balaban J connectivity index is 2.14. The summed E-state index contributed by atoms with van der Waals surface area (Å²) in [6, 6.07) is 4.88. The van der Waals surface area contributed by atoms with Crippen molar-refractivity contribution in [1.82, 2.24) is 9.47 Å². The highest BCUT2D eigenvalue weighted by Crippen LogP contribution is 2.33. The summed E-state index contributed by atoms with van der Waals surface area (Å²) >= 11 is 0. The largest absolute Gasteiger partial charge is 0.337 e. The maximum atomic E-state index is 12.9. The van der Waals surface area contributed by atoms with Crippen molar-refractivity contribution in [2.24, 2.45) is 0 Å². The van der Waals surface area contributed by atoms with Crippen LogP contribution in [0, 0.1) is 10.1 Å². The number of rotatable bonds is 5. The highest BCUT2D eigenvalue weighted by Gasteiger charge is 2.30. The van der Waals surface area contributed by atoms with Crippen LogP contribution in [0.3, 0.4) is 0 Å². The first kappa shape index (κ1) is 15.5. The van der Waals surface area contributed by atoms with Gasteiger partial charge in [-0.25, -0.2) is 0 Å². The molecule has 1 aromatic carbocycles. The van der Waals surface area contributed by atoms with Gasteiger partial charge in [-0.1, -0.05) is 13.3 Å². The van der Waals surface area contributed by atoms with Gasteiger partial charge in [-0.3, -0.25) is 14.9 Å². The molecule has 3 rings (SSSR count). The number of unbranched alkanes of at least 4 members (excludes halogenated alkanes) is 1. The zero-order valence-electron chi connectivity index (χ0n) is 13.5. The Morgan fingerprint density at radius 3 is 2.74 bits per heavy atom. The molecule has 0 unspecified atom stereocenters. The van der Waals surface area contributed by atoms with Gasteiger partial charge in [0.05, 0.1) is 4.92 Å². The van der Waals surface area contributed by atoms with Gasteiger partial charge in [0.2, 0.25) is 0 Å². The molecule has 0 radical (unpaired) electrons. The molecule has 0 spiro atoms. The number of fused-ring (bicyclic) bond motifs is 3. The van der Waals surface area contributed by atoms with Crippen molar-refractivity contribution in [1.29, 1.82) is 0 Å². The number of hydrogen-bond donors (Lipinski definition) is 0. The van der Waals surface area contributed by atoms with Gasteiger partial charge >= 0.3 is 0 Å². The molecule has 0 N–H and O–H groups in total. The lowest BCUT2D eigenvalue weighted by atomic mass is 10.0. The van der Waals surface area contributed by atoms with Crippen LogP contribution in [-0.2, 0) is 13.0 Å². The molecule has 0 aliphatic carbocycles. The number of carbonyl (C=O) groups is 1. The summed E-state index contributed by atoms with van der Waals surface area (Å²) in [6.45, 7) is 6.26. The van der Waals surface area contributed by atoms with Gasteiger partial charge in [0.1, 0.15) is 5.69 Å². The Labute approximate surface area is 134 Å². The average molecular weight is 315 g/mol. The first-order valence-corrected chi connectivity index (χ1v) is 8.17.